The van der Waals surface area contributed by atoms with E-state index in [2.05, 4.69) is 0 Å². The zero-order valence-electron chi connectivity index (χ0n) is 14.6. The molecule has 0 atom stereocenters. The molecule has 3 rings (SSSR count). The Morgan fingerprint density at radius 1 is 0.808 bits per heavy atom. The summed E-state index contributed by atoms with van der Waals surface area (Å²) in [6, 6.07) is 14.0. The van der Waals surface area contributed by atoms with Crippen molar-refractivity contribution in [3.05, 3.63) is 59.7 Å². The number of methoxy groups -OCH3 is 1. The van der Waals surface area contributed by atoms with Gasteiger partial charge < -0.3 is 20.3 Å². The molecule has 1 saturated heterocycles. The second kappa shape index (κ2) is 8.58. The summed E-state index contributed by atoms with van der Waals surface area (Å²) in [6.07, 6.45) is 0. The molecule has 7 heteroatoms. The van der Waals surface area contributed by atoms with Crippen LogP contribution in [-0.4, -0.2) is 54.9 Å². The van der Waals surface area contributed by atoms with Crippen LogP contribution >= 0.6 is 12.4 Å². The molecule has 1 aliphatic heterocycles. The van der Waals surface area contributed by atoms with Crippen molar-refractivity contribution in [3.8, 4) is 5.75 Å². The third kappa shape index (κ3) is 4.26. The highest BCUT2D eigenvalue weighted by Crippen LogP contribution is 2.15. The summed E-state index contributed by atoms with van der Waals surface area (Å²) >= 11 is 0. The molecule has 1 aliphatic rings. The molecule has 138 valence electrons. The van der Waals surface area contributed by atoms with Gasteiger partial charge in [-0.05, 0) is 48.5 Å². The van der Waals surface area contributed by atoms with Gasteiger partial charge >= 0.3 is 0 Å². The zero-order chi connectivity index (χ0) is 17.8. The highest BCUT2D eigenvalue weighted by molar-refractivity contribution is 5.96. The molecule has 2 aromatic carbocycles. The van der Waals surface area contributed by atoms with E-state index >= 15 is 0 Å². The molecule has 0 bridgehead atoms. The van der Waals surface area contributed by atoms with Gasteiger partial charge in [-0.15, -0.1) is 12.4 Å². The van der Waals surface area contributed by atoms with Crippen LogP contribution in [-0.2, 0) is 0 Å². The van der Waals surface area contributed by atoms with Crippen LogP contribution in [0.3, 0.4) is 0 Å². The molecule has 1 fully saturated rings. The Hall–Kier alpha value is -2.73. The van der Waals surface area contributed by atoms with E-state index in [1.54, 1.807) is 65.4 Å². The maximum Gasteiger partial charge on any atom is 0.253 e. The number of benzene rings is 2. The summed E-state index contributed by atoms with van der Waals surface area (Å²) in [5.41, 5.74) is 7.52. The average Bonchev–Trinajstić information content (AvgIpc) is 2.67. The normalized spacial score (nSPS) is 13.7. The molecule has 0 spiro atoms. The van der Waals surface area contributed by atoms with E-state index in [9.17, 15) is 9.59 Å². The Bertz CT molecular complexity index is 755. The lowest BCUT2D eigenvalue weighted by Crippen LogP contribution is -2.50. The zero-order valence-corrected chi connectivity index (χ0v) is 15.4. The van der Waals surface area contributed by atoms with E-state index < -0.39 is 0 Å². The third-order valence-corrected chi connectivity index (χ3v) is 4.35. The van der Waals surface area contributed by atoms with Crippen molar-refractivity contribution in [1.82, 2.24) is 9.80 Å². The summed E-state index contributed by atoms with van der Waals surface area (Å²) in [7, 11) is 1.59. The Morgan fingerprint density at radius 2 is 1.19 bits per heavy atom. The molecule has 2 amide bonds. The molecule has 2 aromatic rings. The quantitative estimate of drug-likeness (QED) is 0.835. The van der Waals surface area contributed by atoms with E-state index in [1.165, 1.54) is 0 Å². The minimum absolute atomic E-state index is 0. The summed E-state index contributed by atoms with van der Waals surface area (Å²) in [6.45, 7) is 2.08. The number of nitrogen functional groups attached to an aromatic ring is 1. The minimum Gasteiger partial charge on any atom is -0.497 e. The van der Waals surface area contributed by atoms with Gasteiger partial charge in [0.05, 0.1) is 7.11 Å². The number of carbonyl (C=O) groups excluding carboxylic acids is 2. The lowest BCUT2D eigenvalue weighted by atomic mass is 10.1. The predicted molar refractivity (Wildman–Crippen MR) is 103 cm³/mol. The summed E-state index contributed by atoms with van der Waals surface area (Å²) in [5.74, 6) is 0.661. The van der Waals surface area contributed by atoms with E-state index in [0.717, 1.165) is 5.75 Å². The number of hydrogen-bond acceptors (Lipinski definition) is 4. The van der Waals surface area contributed by atoms with Gasteiger partial charge in [-0.2, -0.15) is 0 Å². The van der Waals surface area contributed by atoms with E-state index in [1.807, 2.05) is 0 Å². The average molecular weight is 376 g/mol. The molecule has 2 N–H and O–H groups in total. The van der Waals surface area contributed by atoms with Crippen molar-refractivity contribution in [3.63, 3.8) is 0 Å². The molecule has 0 aromatic heterocycles. The van der Waals surface area contributed by atoms with Gasteiger partial charge in [0, 0.05) is 43.0 Å². The minimum atomic E-state index is -0.0310. The van der Waals surface area contributed by atoms with Crippen LogP contribution in [0.25, 0.3) is 0 Å². The lowest BCUT2D eigenvalue weighted by molar-refractivity contribution is 0.0535. The van der Waals surface area contributed by atoms with Gasteiger partial charge in [-0.25, -0.2) is 0 Å². The number of nitrogens with two attached hydrogens (primary N) is 1. The van der Waals surface area contributed by atoms with Gasteiger partial charge in [0.15, 0.2) is 0 Å². The monoisotopic (exact) mass is 375 g/mol. The number of nitrogens with zero attached hydrogens (tertiary/aromatic N) is 2. The molecule has 0 unspecified atom stereocenters. The van der Waals surface area contributed by atoms with Gasteiger partial charge in [0.2, 0.25) is 0 Å². The van der Waals surface area contributed by atoms with Crippen molar-refractivity contribution in [2.45, 2.75) is 0 Å². The smallest absolute Gasteiger partial charge is 0.253 e. The first-order valence-corrected chi connectivity index (χ1v) is 8.16. The van der Waals surface area contributed by atoms with Crippen molar-refractivity contribution in [2.24, 2.45) is 0 Å². The van der Waals surface area contributed by atoms with Crippen LogP contribution < -0.4 is 10.5 Å². The first-order valence-electron chi connectivity index (χ1n) is 8.16. The van der Waals surface area contributed by atoms with Crippen molar-refractivity contribution in [2.75, 3.05) is 39.0 Å². The van der Waals surface area contributed by atoms with Crippen molar-refractivity contribution >= 4 is 29.9 Å². The van der Waals surface area contributed by atoms with E-state index in [-0.39, 0.29) is 24.2 Å². The number of ether oxygens (including phenoxy) is 1. The molecule has 0 radical (unpaired) electrons. The predicted octanol–water partition coefficient (Wildman–Crippen LogP) is 2.30. The number of piperazine rings is 1. The van der Waals surface area contributed by atoms with Crippen molar-refractivity contribution in [1.29, 1.82) is 0 Å². The molecule has 26 heavy (non-hydrogen) atoms. The Labute approximate surface area is 158 Å². The van der Waals surface area contributed by atoms with Gasteiger partial charge in [0.25, 0.3) is 11.8 Å². The number of carbonyl (C=O) groups is 2. The van der Waals surface area contributed by atoms with Crippen molar-refractivity contribution < 1.29 is 14.3 Å². The largest absolute Gasteiger partial charge is 0.497 e. The van der Waals surface area contributed by atoms with Crippen LogP contribution in [0.15, 0.2) is 48.5 Å². The van der Waals surface area contributed by atoms with Gasteiger partial charge in [0.1, 0.15) is 5.75 Å². The van der Waals surface area contributed by atoms with Crippen LogP contribution in [0, 0.1) is 0 Å². The Morgan fingerprint density at radius 3 is 1.58 bits per heavy atom. The molecule has 1 heterocycles. The molecule has 0 aliphatic carbocycles. The fourth-order valence-electron chi connectivity index (χ4n) is 2.84. The van der Waals surface area contributed by atoms with Gasteiger partial charge in [-0.3, -0.25) is 9.59 Å². The number of hydrogen-bond donors (Lipinski definition) is 1. The van der Waals surface area contributed by atoms with Crippen LogP contribution in [0.5, 0.6) is 5.75 Å². The third-order valence-electron chi connectivity index (χ3n) is 4.35. The molecule has 6 nitrogen and oxygen atoms in total. The maximum absolute atomic E-state index is 12.6. The number of halogens is 1. The van der Waals surface area contributed by atoms with E-state index in [0.29, 0.717) is 43.0 Å². The topological polar surface area (TPSA) is 75.9 Å². The summed E-state index contributed by atoms with van der Waals surface area (Å²) < 4.78 is 5.11. The van der Waals surface area contributed by atoms with E-state index in [4.69, 9.17) is 10.5 Å². The molecular weight excluding hydrogens is 354 g/mol. The summed E-state index contributed by atoms with van der Waals surface area (Å²) in [4.78, 5) is 28.6. The van der Waals surface area contributed by atoms with Crippen LogP contribution in [0.4, 0.5) is 5.69 Å². The highest BCUT2D eigenvalue weighted by atomic mass is 35.5. The second-order valence-corrected chi connectivity index (χ2v) is 5.93. The number of anilines is 1. The Kier molecular flexibility index (Phi) is 6.46. The molecular formula is C19H22ClN3O3. The fraction of sp³-hybridized carbons (Fsp3) is 0.263. The van der Waals surface area contributed by atoms with Crippen LogP contribution in [0.2, 0.25) is 0 Å². The Balaban J connectivity index is 0.00000243. The maximum atomic E-state index is 12.6. The second-order valence-electron chi connectivity index (χ2n) is 5.93. The number of amides is 2. The lowest BCUT2D eigenvalue weighted by Gasteiger charge is -2.35. The SMILES string of the molecule is COc1ccc(C(=O)N2CCN(C(=O)c3ccc(N)cc3)CC2)cc1.Cl. The standard InChI is InChI=1S/C19H21N3O3.ClH/c1-25-17-8-4-15(5-9-17)19(24)22-12-10-21(11-13-22)18(23)14-2-6-16(20)7-3-14;/h2-9H,10-13,20H2,1H3;1H. The first kappa shape index (κ1) is 19.6. The van der Waals surface area contributed by atoms with Crippen LogP contribution in [0.1, 0.15) is 20.7 Å². The highest BCUT2D eigenvalue weighted by Gasteiger charge is 2.25. The molecule has 0 saturated carbocycles. The van der Waals surface area contributed by atoms with Gasteiger partial charge in [-0.1, -0.05) is 0 Å². The summed E-state index contributed by atoms with van der Waals surface area (Å²) in [5, 5.41) is 0. The fourth-order valence-corrected chi connectivity index (χ4v) is 2.84. The number of rotatable bonds is 3. The first-order chi connectivity index (χ1) is 12.1.